The number of ketones is 1. The van der Waals surface area contributed by atoms with Gasteiger partial charge in [0.2, 0.25) is 0 Å². The van der Waals surface area contributed by atoms with Gasteiger partial charge in [-0.1, -0.05) is 41.5 Å². The van der Waals surface area contributed by atoms with E-state index in [-0.39, 0.29) is 48.4 Å². The van der Waals surface area contributed by atoms with Gasteiger partial charge in [0.05, 0.1) is 22.3 Å². The van der Waals surface area contributed by atoms with Crippen molar-refractivity contribution in [1.29, 1.82) is 0 Å². The van der Waals surface area contributed by atoms with E-state index in [1.807, 2.05) is 41.5 Å². The first-order chi connectivity index (χ1) is 21.0. The van der Waals surface area contributed by atoms with E-state index in [1.165, 1.54) is 0 Å². The molecule has 15 heteroatoms. The van der Waals surface area contributed by atoms with Gasteiger partial charge in [-0.25, -0.2) is 4.79 Å². The van der Waals surface area contributed by atoms with Crippen LogP contribution in [0.2, 0.25) is 0 Å². The van der Waals surface area contributed by atoms with Crippen LogP contribution in [0.25, 0.3) is 0 Å². The summed E-state index contributed by atoms with van der Waals surface area (Å²) in [6, 6.07) is 0.219. The summed E-state index contributed by atoms with van der Waals surface area (Å²) >= 11 is 3.19. The Bertz CT molecular complexity index is 1090. The number of nitrogens with one attached hydrogen (secondary N) is 1. The molecule has 0 saturated heterocycles. The third-order valence-electron chi connectivity index (χ3n) is 9.88. The number of Topliss-reactive ketones (excluding diaryl/α,β-unsaturated/α-hetero) is 1. The summed E-state index contributed by atoms with van der Waals surface area (Å²) in [6.45, 7) is 17.0. The van der Waals surface area contributed by atoms with Crippen LogP contribution in [0.5, 0.6) is 0 Å². The zero-order valence-corrected chi connectivity index (χ0v) is 31.2. The van der Waals surface area contributed by atoms with Crippen molar-refractivity contribution >= 4 is 50.2 Å². The molecule has 12 nitrogen and oxygen atoms in total. The summed E-state index contributed by atoms with van der Waals surface area (Å²) < 4.78 is 7.89. The Morgan fingerprint density at radius 1 is 0.872 bits per heavy atom. The van der Waals surface area contributed by atoms with Gasteiger partial charge in [-0.3, -0.25) is 19.2 Å². The number of quaternary nitrogens is 1. The number of carboxylic acids is 3. The Hall–Kier alpha value is -2.19. The zero-order valence-electron chi connectivity index (χ0n) is 29.6. The molecule has 3 fully saturated rings. The topological polar surface area (TPSA) is 207 Å². The number of halogens is 1. The van der Waals surface area contributed by atoms with Gasteiger partial charge in [0.1, 0.15) is 11.4 Å². The second kappa shape index (κ2) is 19.7. The molecule has 1 amide bonds. The van der Waals surface area contributed by atoms with Crippen LogP contribution >= 0.6 is 12.8 Å². The second-order valence-electron chi connectivity index (χ2n) is 14.9. The molecule has 3 aliphatic carbocycles. The Balaban J connectivity index is 0. The van der Waals surface area contributed by atoms with Gasteiger partial charge < -0.3 is 43.5 Å². The van der Waals surface area contributed by atoms with E-state index in [2.05, 4.69) is 35.8 Å². The largest absolute Gasteiger partial charge is 1.00 e. The first-order valence-electron chi connectivity index (χ1n) is 16.0. The molecule has 3 aliphatic rings. The number of carboxylic acid groups (broad SMARTS) is 3. The van der Waals surface area contributed by atoms with Crippen LogP contribution in [0.15, 0.2) is 4.30 Å². The van der Waals surface area contributed by atoms with E-state index >= 15 is 0 Å². The number of hydrogen-bond acceptors (Lipinski definition) is 8. The van der Waals surface area contributed by atoms with E-state index in [9.17, 15) is 29.1 Å². The predicted molar refractivity (Wildman–Crippen MR) is 178 cm³/mol. The fourth-order valence-corrected chi connectivity index (χ4v) is 6.60. The Labute approximate surface area is 293 Å². The van der Waals surface area contributed by atoms with Gasteiger partial charge in [0.25, 0.3) is 0 Å². The molecule has 0 aromatic heterocycles. The van der Waals surface area contributed by atoms with Crippen LogP contribution in [0.4, 0.5) is 4.79 Å². The Morgan fingerprint density at radius 2 is 1.28 bits per heavy atom. The summed E-state index contributed by atoms with van der Waals surface area (Å²) in [5, 5.41) is 30.3. The van der Waals surface area contributed by atoms with Crippen LogP contribution in [0.1, 0.15) is 120 Å². The van der Waals surface area contributed by atoms with Gasteiger partial charge in [0, 0.05) is 31.7 Å². The van der Waals surface area contributed by atoms with Crippen molar-refractivity contribution in [2.75, 3.05) is 0 Å². The standard InChI is InChI=1S/C14H25NO4.C9H17NO2.C9H14O3.BHNS.ClH/c1-9(2)14(11(16)17)7-6-10(8-14)15-12(18)19-13(3,4)5;2*1-6(2)9(8(11)12)4-3-7(10)5-9;1-2-3;/h9-10H,6-8H2,1-5H3,(H,15,18)(H,16,17);6-7H,3-5,10H2,1-2H3,(H,11,12);6H,3-5H2,1-2H3,(H,11,12);3H;1H/t10-,14+;7-,9+;9-;;/m110../s1. The summed E-state index contributed by atoms with van der Waals surface area (Å²) in [6.07, 6.45) is 4.97. The number of carbonyl (C=O) groups is 5. The number of aliphatic carboxylic acids is 3. The summed E-state index contributed by atoms with van der Waals surface area (Å²) in [7, 11) is 4.34. The molecule has 0 bridgehead atoms. The van der Waals surface area contributed by atoms with Crippen LogP contribution in [-0.4, -0.2) is 70.4 Å². The fraction of sp³-hybridized carbons (Fsp3) is 0.844. The molecule has 0 aromatic rings. The van der Waals surface area contributed by atoms with Crippen molar-refractivity contribution in [2.45, 2.75) is 138 Å². The van der Waals surface area contributed by atoms with Crippen LogP contribution in [0.3, 0.4) is 0 Å². The Morgan fingerprint density at radius 3 is 1.51 bits per heavy atom. The van der Waals surface area contributed by atoms with Crippen molar-refractivity contribution in [1.82, 2.24) is 5.32 Å². The molecule has 0 spiro atoms. The van der Waals surface area contributed by atoms with E-state index in [4.69, 9.17) is 14.9 Å². The van der Waals surface area contributed by atoms with Gasteiger partial charge in [-0.15, -0.1) is 0 Å². The number of ether oxygens (including phenoxy) is 1. The minimum absolute atomic E-state index is 0. The van der Waals surface area contributed by atoms with Crippen molar-refractivity contribution in [3.05, 3.63) is 0 Å². The Kier molecular flexibility index (Phi) is 19.7. The van der Waals surface area contributed by atoms with Gasteiger partial charge in [0.15, 0.2) is 0 Å². The normalized spacial score (nSPS) is 28.1. The third kappa shape index (κ3) is 13.3. The number of nitrogens with zero attached hydrogens (tertiary/aromatic N) is 1. The number of thiol groups is 1. The first kappa shape index (κ1) is 46.9. The molecular formula is C32H58BClN3O9S. The minimum Gasteiger partial charge on any atom is -1.00 e. The SMILES string of the molecule is CC(C)[C@]1(C(=O)O)CCC(=O)C1.CC(C)[C@]1(C(=O)O)CC[C@@H](NC(=O)OC(C)(C)C)C1.CC(C)[C@]1(C(=O)O)CC[C@@H]([NH3+])C1.[B]=NS.[Cl-]. The predicted octanol–water partition coefficient (Wildman–Crippen LogP) is 1.95. The summed E-state index contributed by atoms with van der Waals surface area (Å²) in [5.74, 6) is -1.81. The van der Waals surface area contributed by atoms with E-state index in [1.54, 1.807) is 20.8 Å². The average molecular weight is 707 g/mol. The molecule has 1 radical (unpaired) electrons. The number of rotatable bonds is 7. The summed E-state index contributed by atoms with van der Waals surface area (Å²) in [5.41, 5.74) is 1.43. The number of carbonyl (C=O) groups excluding carboxylic acids is 2. The quantitative estimate of drug-likeness (QED) is 0.169. The number of hydrogen-bond donors (Lipinski definition) is 6. The molecule has 0 heterocycles. The van der Waals surface area contributed by atoms with Crippen LogP contribution < -0.4 is 23.5 Å². The molecule has 7 N–H and O–H groups in total. The molecule has 5 atom stereocenters. The van der Waals surface area contributed by atoms with E-state index < -0.39 is 45.8 Å². The maximum Gasteiger partial charge on any atom is -1.00 e. The van der Waals surface area contributed by atoms with Crippen molar-refractivity contribution in [3.63, 3.8) is 0 Å². The molecule has 0 aromatic carbocycles. The monoisotopic (exact) mass is 706 g/mol. The van der Waals surface area contributed by atoms with Crippen LogP contribution in [-0.2, 0) is 23.9 Å². The van der Waals surface area contributed by atoms with Gasteiger partial charge >= 0.3 is 48.8 Å². The van der Waals surface area contributed by atoms with Gasteiger partial charge in [-0.05, 0) is 70.6 Å². The van der Waals surface area contributed by atoms with Crippen molar-refractivity contribution in [2.24, 2.45) is 38.3 Å². The van der Waals surface area contributed by atoms with Gasteiger partial charge in [-0.2, -0.15) is 0 Å². The van der Waals surface area contributed by atoms with Crippen molar-refractivity contribution in [3.8, 4) is 0 Å². The van der Waals surface area contributed by atoms with Crippen molar-refractivity contribution < 1.29 is 62.2 Å². The molecule has 0 aliphatic heterocycles. The minimum atomic E-state index is -0.816. The second-order valence-corrected chi connectivity index (χ2v) is 15.1. The maximum atomic E-state index is 11.7. The average Bonchev–Trinajstić information content (AvgIpc) is 3.62. The fourth-order valence-electron chi connectivity index (χ4n) is 6.60. The maximum absolute atomic E-state index is 11.7. The molecule has 47 heavy (non-hydrogen) atoms. The van der Waals surface area contributed by atoms with E-state index in [0.717, 1.165) is 19.3 Å². The smallest absolute Gasteiger partial charge is 1.00 e. The van der Waals surface area contributed by atoms with E-state index in [0.29, 0.717) is 38.1 Å². The number of alkyl carbamates (subject to hydrolysis) is 1. The molecular weight excluding hydrogens is 649 g/mol. The third-order valence-corrected chi connectivity index (χ3v) is 9.88. The molecule has 271 valence electrons. The molecule has 3 saturated carbocycles. The first-order valence-corrected chi connectivity index (χ1v) is 16.4. The summed E-state index contributed by atoms with van der Waals surface area (Å²) in [4.78, 5) is 56.2. The molecule has 0 unspecified atom stereocenters. The van der Waals surface area contributed by atoms with Crippen LogP contribution in [0, 0.1) is 34.0 Å². The number of amides is 1. The zero-order chi connectivity index (χ0) is 36.3. The molecule has 3 rings (SSSR count).